The number of rotatable bonds is 4. The molecule has 0 aliphatic heterocycles. The fourth-order valence-corrected chi connectivity index (χ4v) is 2.88. The van der Waals surface area contributed by atoms with Crippen LogP contribution in [0.4, 0.5) is 5.69 Å². The number of para-hydroxylation sites is 1. The molecule has 24 heavy (non-hydrogen) atoms. The number of hydrogen-bond acceptors (Lipinski definition) is 4. The number of nitro groups is 1. The second-order valence-electron chi connectivity index (χ2n) is 5.35. The lowest BCUT2D eigenvalue weighted by molar-refractivity contribution is -0.384. The van der Waals surface area contributed by atoms with E-state index in [1.807, 2.05) is 36.4 Å². The van der Waals surface area contributed by atoms with Gasteiger partial charge in [-0.25, -0.2) is 0 Å². The largest absolute Gasteiger partial charge is 0.361 e. The first-order valence-electron chi connectivity index (χ1n) is 7.25. The molecule has 0 spiro atoms. The van der Waals surface area contributed by atoms with Gasteiger partial charge in [-0.3, -0.25) is 10.1 Å². The van der Waals surface area contributed by atoms with Gasteiger partial charge in [-0.2, -0.15) is 10.5 Å². The number of benzene rings is 2. The van der Waals surface area contributed by atoms with Crippen LogP contribution in [0.15, 0.2) is 54.7 Å². The lowest BCUT2D eigenvalue weighted by Gasteiger charge is -2.17. The first-order valence-corrected chi connectivity index (χ1v) is 7.25. The smallest absolute Gasteiger partial charge is 0.269 e. The van der Waals surface area contributed by atoms with Crippen LogP contribution in [-0.4, -0.2) is 9.91 Å². The molecule has 0 fully saturated rings. The summed E-state index contributed by atoms with van der Waals surface area (Å²) in [7, 11) is 0. The second-order valence-corrected chi connectivity index (χ2v) is 5.35. The summed E-state index contributed by atoms with van der Waals surface area (Å²) in [6.45, 7) is 0. The Bertz CT molecular complexity index is 963. The number of fused-ring (bicyclic) bond motifs is 1. The van der Waals surface area contributed by atoms with E-state index in [2.05, 4.69) is 4.98 Å². The molecule has 6 nitrogen and oxygen atoms in total. The number of non-ortho nitro benzene ring substituents is 1. The maximum atomic E-state index is 10.8. The van der Waals surface area contributed by atoms with Crippen molar-refractivity contribution >= 4 is 16.6 Å². The van der Waals surface area contributed by atoms with Crippen molar-refractivity contribution in [3.8, 4) is 12.1 Å². The van der Waals surface area contributed by atoms with Crippen molar-refractivity contribution in [1.29, 1.82) is 10.5 Å². The van der Waals surface area contributed by atoms with Crippen molar-refractivity contribution in [2.75, 3.05) is 0 Å². The van der Waals surface area contributed by atoms with Gasteiger partial charge in [0.05, 0.1) is 17.1 Å². The fraction of sp³-hybridized carbons (Fsp3) is 0.111. The minimum atomic E-state index is -0.898. The molecule has 0 bridgehead atoms. The number of aromatic nitrogens is 1. The third-order valence-electron chi connectivity index (χ3n) is 4.03. The molecule has 0 aliphatic carbocycles. The van der Waals surface area contributed by atoms with Gasteiger partial charge < -0.3 is 4.98 Å². The number of nitro benzene ring substituents is 1. The maximum Gasteiger partial charge on any atom is 0.269 e. The number of aromatic amines is 1. The molecule has 1 atom stereocenters. The highest BCUT2D eigenvalue weighted by Crippen LogP contribution is 2.36. The highest BCUT2D eigenvalue weighted by molar-refractivity contribution is 5.84. The van der Waals surface area contributed by atoms with Gasteiger partial charge in [0, 0.05) is 35.2 Å². The van der Waals surface area contributed by atoms with Gasteiger partial charge in [-0.15, -0.1) is 0 Å². The Balaban J connectivity index is 2.16. The van der Waals surface area contributed by atoms with Crippen molar-refractivity contribution in [2.24, 2.45) is 5.92 Å². The third kappa shape index (κ3) is 2.57. The van der Waals surface area contributed by atoms with Crippen LogP contribution in [0.1, 0.15) is 17.0 Å². The van der Waals surface area contributed by atoms with E-state index in [-0.39, 0.29) is 5.69 Å². The zero-order chi connectivity index (χ0) is 17.1. The van der Waals surface area contributed by atoms with Crippen molar-refractivity contribution < 1.29 is 4.92 Å². The topological polar surface area (TPSA) is 107 Å². The highest BCUT2D eigenvalue weighted by atomic mass is 16.6. The molecule has 3 aromatic rings. The highest BCUT2D eigenvalue weighted by Gasteiger charge is 2.27. The fourth-order valence-electron chi connectivity index (χ4n) is 2.88. The summed E-state index contributed by atoms with van der Waals surface area (Å²) < 4.78 is 0. The summed E-state index contributed by atoms with van der Waals surface area (Å²) in [5.41, 5.74) is 2.40. The molecule has 3 rings (SSSR count). The van der Waals surface area contributed by atoms with E-state index in [9.17, 15) is 20.6 Å². The molecule has 116 valence electrons. The molecule has 0 saturated heterocycles. The zero-order valence-electron chi connectivity index (χ0n) is 12.5. The molecule has 2 aromatic carbocycles. The Hall–Kier alpha value is -3.64. The van der Waals surface area contributed by atoms with E-state index in [0.29, 0.717) is 5.56 Å². The Kier molecular flexibility index (Phi) is 3.96. The van der Waals surface area contributed by atoms with E-state index >= 15 is 0 Å². The number of hydrogen-bond donors (Lipinski definition) is 1. The Morgan fingerprint density at radius 2 is 1.71 bits per heavy atom. The predicted octanol–water partition coefficient (Wildman–Crippen LogP) is 3.87. The maximum absolute atomic E-state index is 10.8. The molecule has 0 aliphatic rings. The predicted molar refractivity (Wildman–Crippen MR) is 88.0 cm³/mol. The third-order valence-corrected chi connectivity index (χ3v) is 4.03. The molecule has 6 heteroatoms. The van der Waals surface area contributed by atoms with Crippen LogP contribution < -0.4 is 0 Å². The lowest BCUT2D eigenvalue weighted by Crippen LogP contribution is -2.11. The number of nitriles is 2. The van der Waals surface area contributed by atoms with Gasteiger partial charge in [0.1, 0.15) is 5.92 Å². The lowest BCUT2D eigenvalue weighted by atomic mass is 9.82. The van der Waals surface area contributed by atoms with Crippen LogP contribution >= 0.6 is 0 Å². The van der Waals surface area contributed by atoms with Gasteiger partial charge in [-0.05, 0) is 17.2 Å². The van der Waals surface area contributed by atoms with Crippen molar-refractivity contribution in [1.82, 2.24) is 4.98 Å². The van der Waals surface area contributed by atoms with Crippen molar-refractivity contribution in [2.45, 2.75) is 5.92 Å². The summed E-state index contributed by atoms with van der Waals surface area (Å²) in [6, 6.07) is 17.7. The van der Waals surface area contributed by atoms with Gasteiger partial charge in [-0.1, -0.05) is 30.3 Å². The summed E-state index contributed by atoms with van der Waals surface area (Å²) in [6.07, 6.45) is 1.79. The molecule has 0 saturated carbocycles. The molecular weight excluding hydrogens is 304 g/mol. The number of H-pyrrole nitrogens is 1. The normalized spacial score (nSPS) is 11.8. The summed E-state index contributed by atoms with van der Waals surface area (Å²) in [5, 5.41) is 30.5. The minimum Gasteiger partial charge on any atom is -0.361 e. The summed E-state index contributed by atoms with van der Waals surface area (Å²) in [5.74, 6) is -1.39. The van der Waals surface area contributed by atoms with Crippen molar-refractivity contribution in [3.63, 3.8) is 0 Å². The molecule has 1 aromatic heterocycles. The summed E-state index contributed by atoms with van der Waals surface area (Å²) >= 11 is 0. The van der Waals surface area contributed by atoms with Gasteiger partial charge in [0.2, 0.25) is 0 Å². The summed E-state index contributed by atoms with van der Waals surface area (Å²) in [4.78, 5) is 13.5. The molecule has 1 heterocycles. The number of nitrogens with zero attached hydrogens (tertiary/aromatic N) is 3. The van der Waals surface area contributed by atoms with Crippen molar-refractivity contribution in [3.05, 3.63) is 76.0 Å². The average Bonchev–Trinajstić information content (AvgIpc) is 3.03. The zero-order valence-corrected chi connectivity index (χ0v) is 12.5. The first-order chi connectivity index (χ1) is 11.7. The van der Waals surface area contributed by atoms with Crippen LogP contribution in [0.2, 0.25) is 0 Å². The Labute approximate surface area is 137 Å². The van der Waals surface area contributed by atoms with Crippen LogP contribution in [0, 0.1) is 38.7 Å². The standard InChI is InChI=1S/C18H12N4O2/c19-9-13(10-20)18(12-5-7-14(8-6-12)22(23)24)16-11-21-17-4-2-1-3-15(16)17/h1-8,11,13,18,21H. The quantitative estimate of drug-likeness (QED) is 0.582. The molecule has 1 unspecified atom stereocenters. The SMILES string of the molecule is N#CC(C#N)C(c1ccc([N+](=O)[O-])cc1)c1c[nH]c2ccccc12. The van der Waals surface area contributed by atoms with Gasteiger partial charge >= 0.3 is 0 Å². The van der Waals surface area contributed by atoms with E-state index in [1.54, 1.807) is 18.3 Å². The monoisotopic (exact) mass is 316 g/mol. The number of nitrogens with one attached hydrogen (secondary N) is 1. The van der Waals surface area contributed by atoms with E-state index in [0.717, 1.165) is 16.5 Å². The van der Waals surface area contributed by atoms with Crippen LogP contribution in [0.5, 0.6) is 0 Å². The molecule has 0 amide bonds. The van der Waals surface area contributed by atoms with Crippen LogP contribution in [0.3, 0.4) is 0 Å². The van der Waals surface area contributed by atoms with Gasteiger partial charge in [0.15, 0.2) is 0 Å². The van der Waals surface area contributed by atoms with Crippen LogP contribution in [0.25, 0.3) is 10.9 Å². The van der Waals surface area contributed by atoms with E-state index in [4.69, 9.17) is 0 Å². The van der Waals surface area contributed by atoms with E-state index in [1.165, 1.54) is 12.1 Å². The minimum absolute atomic E-state index is 0.0260. The first kappa shape index (κ1) is 15.3. The van der Waals surface area contributed by atoms with Crippen LogP contribution in [-0.2, 0) is 0 Å². The van der Waals surface area contributed by atoms with Gasteiger partial charge in [0.25, 0.3) is 5.69 Å². The van der Waals surface area contributed by atoms with E-state index < -0.39 is 16.8 Å². The molecular formula is C18H12N4O2. The Morgan fingerprint density at radius 1 is 1.04 bits per heavy atom. The molecule has 0 radical (unpaired) electrons. The average molecular weight is 316 g/mol. The second kappa shape index (κ2) is 6.23. The Morgan fingerprint density at radius 3 is 2.33 bits per heavy atom. The molecule has 1 N–H and O–H groups in total.